The van der Waals surface area contributed by atoms with Gasteiger partial charge >= 0.3 is 0 Å². The quantitative estimate of drug-likeness (QED) is 0.673. The van der Waals surface area contributed by atoms with Gasteiger partial charge < -0.3 is 15.7 Å². The van der Waals surface area contributed by atoms with Gasteiger partial charge in [0.15, 0.2) is 0 Å². The first-order chi connectivity index (χ1) is 8.66. The Bertz CT molecular complexity index is 386. The molecule has 0 bridgehead atoms. The molecule has 1 saturated heterocycles. The van der Waals surface area contributed by atoms with Crippen LogP contribution in [0.3, 0.4) is 0 Å². The molecule has 1 fully saturated rings. The second-order valence-corrected chi connectivity index (χ2v) is 5.06. The van der Waals surface area contributed by atoms with E-state index in [0.717, 1.165) is 31.5 Å². The number of aliphatic hydroxyl groups excluding tert-OH is 1. The van der Waals surface area contributed by atoms with Crippen LogP contribution >= 0.6 is 0 Å². The number of quaternary nitrogens is 1. The highest BCUT2D eigenvalue weighted by molar-refractivity contribution is 5.76. The molecule has 4 heteroatoms. The van der Waals surface area contributed by atoms with Crippen molar-refractivity contribution in [2.24, 2.45) is 11.7 Å². The number of rotatable bonds is 4. The summed E-state index contributed by atoms with van der Waals surface area (Å²) in [5.74, 6) is -0.153. The van der Waals surface area contributed by atoms with E-state index in [0.29, 0.717) is 6.54 Å². The third kappa shape index (κ3) is 3.31. The van der Waals surface area contributed by atoms with Crippen molar-refractivity contribution in [3.05, 3.63) is 35.9 Å². The van der Waals surface area contributed by atoms with E-state index in [1.165, 1.54) is 4.90 Å². The standard InChI is InChI=1S/C14H20N2O2/c15-14(18)12-6-8-16(9-7-12)10-13(17)11-4-2-1-3-5-11/h1-5,12-13,17H,6-10H2,(H2,15,18)/p+1/t13-/m0/s1. The smallest absolute Gasteiger partial charge is 0.220 e. The third-order valence-corrected chi connectivity index (χ3v) is 3.76. The van der Waals surface area contributed by atoms with Crippen LogP contribution < -0.4 is 10.6 Å². The van der Waals surface area contributed by atoms with Crippen molar-refractivity contribution in [1.29, 1.82) is 0 Å². The minimum absolute atomic E-state index is 0.0302. The summed E-state index contributed by atoms with van der Waals surface area (Å²) in [6.07, 6.45) is 1.25. The van der Waals surface area contributed by atoms with Crippen LogP contribution in [0.1, 0.15) is 24.5 Å². The lowest BCUT2D eigenvalue weighted by Gasteiger charge is -2.29. The number of likely N-dealkylation sites (tertiary alicyclic amines) is 1. The summed E-state index contributed by atoms with van der Waals surface area (Å²) < 4.78 is 0. The summed E-state index contributed by atoms with van der Waals surface area (Å²) in [6.45, 7) is 2.53. The summed E-state index contributed by atoms with van der Waals surface area (Å²) in [5.41, 5.74) is 6.27. The number of primary amides is 1. The van der Waals surface area contributed by atoms with Gasteiger partial charge in [0.1, 0.15) is 12.6 Å². The van der Waals surface area contributed by atoms with Crippen LogP contribution in [0.25, 0.3) is 0 Å². The molecule has 1 atom stereocenters. The molecule has 2 rings (SSSR count). The van der Waals surface area contributed by atoms with Gasteiger partial charge in [0.2, 0.25) is 5.91 Å². The molecule has 98 valence electrons. The molecule has 0 radical (unpaired) electrons. The summed E-state index contributed by atoms with van der Waals surface area (Å²) in [7, 11) is 0. The number of piperidine rings is 1. The maximum atomic E-state index is 11.1. The molecule has 0 saturated carbocycles. The van der Waals surface area contributed by atoms with Crippen LogP contribution in [0.4, 0.5) is 0 Å². The van der Waals surface area contributed by atoms with Crippen molar-refractivity contribution in [3.63, 3.8) is 0 Å². The van der Waals surface area contributed by atoms with Gasteiger partial charge in [0.05, 0.1) is 13.1 Å². The number of benzene rings is 1. The van der Waals surface area contributed by atoms with Crippen molar-refractivity contribution >= 4 is 5.91 Å². The summed E-state index contributed by atoms with van der Waals surface area (Å²) in [5, 5.41) is 10.1. The molecule has 0 aliphatic carbocycles. The molecule has 1 aliphatic heterocycles. The molecule has 0 unspecified atom stereocenters. The van der Waals surface area contributed by atoms with Gasteiger partial charge in [0, 0.05) is 18.8 Å². The Morgan fingerprint density at radius 1 is 1.33 bits per heavy atom. The molecule has 1 amide bonds. The maximum Gasteiger partial charge on any atom is 0.220 e. The summed E-state index contributed by atoms with van der Waals surface area (Å²) in [4.78, 5) is 12.4. The van der Waals surface area contributed by atoms with E-state index >= 15 is 0 Å². The zero-order valence-electron chi connectivity index (χ0n) is 10.5. The number of carbonyl (C=O) groups is 1. The van der Waals surface area contributed by atoms with Crippen LogP contribution in [-0.4, -0.2) is 30.6 Å². The first-order valence-corrected chi connectivity index (χ1v) is 6.52. The van der Waals surface area contributed by atoms with E-state index in [-0.39, 0.29) is 11.8 Å². The second kappa shape index (κ2) is 5.98. The number of nitrogens with two attached hydrogens (primary N) is 1. The predicted octanol–water partition coefficient (Wildman–Crippen LogP) is -0.500. The third-order valence-electron chi connectivity index (χ3n) is 3.76. The average molecular weight is 249 g/mol. The van der Waals surface area contributed by atoms with Crippen LogP contribution in [0.5, 0.6) is 0 Å². The van der Waals surface area contributed by atoms with Crippen molar-refractivity contribution in [3.8, 4) is 0 Å². The molecule has 0 aromatic heterocycles. The normalized spacial score (nSPS) is 25.6. The fraction of sp³-hybridized carbons (Fsp3) is 0.500. The van der Waals surface area contributed by atoms with Crippen LogP contribution in [0.15, 0.2) is 30.3 Å². The number of aliphatic hydroxyl groups is 1. The fourth-order valence-corrected chi connectivity index (χ4v) is 2.58. The number of nitrogens with one attached hydrogen (secondary N) is 1. The molecule has 1 heterocycles. The Morgan fingerprint density at radius 2 is 1.94 bits per heavy atom. The molecular weight excluding hydrogens is 228 g/mol. The highest BCUT2D eigenvalue weighted by atomic mass is 16.3. The van der Waals surface area contributed by atoms with Gasteiger partial charge in [-0.1, -0.05) is 30.3 Å². The Morgan fingerprint density at radius 3 is 2.50 bits per heavy atom. The monoisotopic (exact) mass is 249 g/mol. The van der Waals surface area contributed by atoms with E-state index in [1.807, 2.05) is 30.3 Å². The zero-order valence-corrected chi connectivity index (χ0v) is 10.5. The Balaban J connectivity index is 1.83. The lowest BCUT2D eigenvalue weighted by molar-refractivity contribution is -0.909. The number of carbonyl (C=O) groups excluding carboxylic acids is 1. The Kier molecular flexibility index (Phi) is 4.33. The molecule has 1 aromatic carbocycles. The van der Waals surface area contributed by atoms with Crippen molar-refractivity contribution in [2.75, 3.05) is 19.6 Å². The van der Waals surface area contributed by atoms with Gasteiger partial charge in [-0.05, 0) is 5.56 Å². The molecule has 18 heavy (non-hydrogen) atoms. The first-order valence-electron chi connectivity index (χ1n) is 6.52. The highest BCUT2D eigenvalue weighted by Gasteiger charge is 2.27. The Hall–Kier alpha value is -1.39. The Labute approximate surface area is 107 Å². The first kappa shape index (κ1) is 13.1. The number of amides is 1. The molecule has 4 nitrogen and oxygen atoms in total. The van der Waals surface area contributed by atoms with E-state index in [2.05, 4.69) is 0 Å². The van der Waals surface area contributed by atoms with Crippen LogP contribution in [0.2, 0.25) is 0 Å². The summed E-state index contributed by atoms with van der Waals surface area (Å²) >= 11 is 0. The topological polar surface area (TPSA) is 67.8 Å². The largest absolute Gasteiger partial charge is 0.382 e. The molecular formula is C14H21N2O2+. The van der Waals surface area contributed by atoms with E-state index in [1.54, 1.807) is 0 Å². The van der Waals surface area contributed by atoms with E-state index in [9.17, 15) is 9.90 Å². The van der Waals surface area contributed by atoms with Crippen molar-refractivity contribution < 1.29 is 14.8 Å². The van der Waals surface area contributed by atoms with Crippen molar-refractivity contribution in [1.82, 2.24) is 0 Å². The number of hydrogen-bond donors (Lipinski definition) is 3. The second-order valence-electron chi connectivity index (χ2n) is 5.06. The number of hydrogen-bond acceptors (Lipinski definition) is 2. The van der Waals surface area contributed by atoms with Gasteiger partial charge in [-0.15, -0.1) is 0 Å². The van der Waals surface area contributed by atoms with Gasteiger partial charge in [-0.2, -0.15) is 0 Å². The summed E-state index contributed by atoms with van der Waals surface area (Å²) in [6, 6.07) is 9.71. The van der Waals surface area contributed by atoms with Gasteiger partial charge in [-0.25, -0.2) is 0 Å². The SMILES string of the molecule is NC(=O)C1CC[NH+](C[C@H](O)c2ccccc2)CC1. The van der Waals surface area contributed by atoms with Crippen LogP contribution in [0, 0.1) is 5.92 Å². The van der Waals surface area contributed by atoms with Gasteiger partial charge in [-0.3, -0.25) is 4.79 Å². The van der Waals surface area contributed by atoms with E-state index < -0.39 is 6.10 Å². The molecule has 1 aromatic rings. The van der Waals surface area contributed by atoms with Gasteiger partial charge in [0.25, 0.3) is 0 Å². The lowest BCUT2D eigenvalue weighted by atomic mass is 9.96. The maximum absolute atomic E-state index is 11.1. The van der Waals surface area contributed by atoms with Crippen molar-refractivity contribution in [2.45, 2.75) is 18.9 Å². The molecule has 1 aliphatic rings. The average Bonchev–Trinajstić information content (AvgIpc) is 2.40. The molecule has 0 spiro atoms. The highest BCUT2D eigenvalue weighted by Crippen LogP contribution is 2.11. The lowest BCUT2D eigenvalue weighted by Crippen LogP contribution is -3.13. The van der Waals surface area contributed by atoms with E-state index in [4.69, 9.17) is 5.73 Å². The predicted molar refractivity (Wildman–Crippen MR) is 68.9 cm³/mol. The fourth-order valence-electron chi connectivity index (χ4n) is 2.58. The van der Waals surface area contributed by atoms with Crippen LogP contribution in [-0.2, 0) is 4.79 Å². The zero-order chi connectivity index (χ0) is 13.0. The minimum Gasteiger partial charge on any atom is -0.382 e. The minimum atomic E-state index is -0.425. The molecule has 4 N–H and O–H groups in total.